The molecule has 1 atom stereocenters. The molecule has 1 aromatic rings. The lowest BCUT2D eigenvalue weighted by Gasteiger charge is -2.25. The zero-order valence-electron chi connectivity index (χ0n) is 7.79. The lowest BCUT2D eigenvalue weighted by Crippen LogP contribution is -2.38. The van der Waals surface area contributed by atoms with Gasteiger partial charge in [-0.15, -0.1) is 0 Å². The zero-order chi connectivity index (χ0) is 10.1. The molecule has 0 unspecified atom stereocenters. The second kappa shape index (κ2) is 3.31. The Labute approximate surface area is 82.3 Å². The monoisotopic (exact) mass is 191 g/mol. The van der Waals surface area contributed by atoms with Gasteiger partial charge in [0.1, 0.15) is 6.04 Å². The molecule has 0 saturated heterocycles. The number of fused-ring (bicyclic) bond motifs is 1. The molecule has 2 rings (SSSR count). The number of nitrogen functional groups attached to an aromatic ring is 1. The zero-order valence-corrected chi connectivity index (χ0v) is 7.79. The molecule has 1 amide bonds. The van der Waals surface area contributed by atoms with Crippen molar-refractivity contribution in [2.24, 2.45) is 5.73 Å². The van der Waals surface area contributed by atoms with Gasteiger partial charge in [-0.05, 0) is 23.6 Å². The summed E-state index contributed by atoms with van der Waals surface area (Å²) in [6.07, 6.45) is 0.853. The van der Waals surface area contributed by atoms with Crippen molar-refractivity contribution in [3.8, 4) is 0 Å². The van der Waals surface area contributed by atoms with E-state index in [1.807, 2.05) is 18.2 Å². The molecule has 1 aliphatic rings. The van der Waals surface area contributed by atoms with Crippen molar-refractivity contribution in [3.63, 3.8) is 0 Å². The van der Waals surface area contributed by atoms with Crippen molar-refractivity contribution in [2.75, 3.05) is 12.3 Å². The van der Waals surface area contributed by atoms with Crippen molar-refractivity contribution in [2.45, 2.75) is 12.5 Å². The second-order valence-electron chi connectivity index (χ2n) is 3.45. The van der Waals surface area contributed by atoms with Crippen LogP contribution in [0.3, 0.4) is 0 Å². The number of nitrogens with two attached hydrogens (primary N) is 2. The molecule has 0 fully saturated rings. The van der Waals surface area contributed by atoms with E-state index in [4.69, 9.17) is 11.5 Å². The van der Waals surface area contributed by atoms with Crippen molar-refractivity contribution in [1.29, 1.82) is 0 Å². The maximum atomic E-state index is 11.1. The number of primary amides is 1. The number of carbonyl (C=O) groups is 1. The van der Waals surface area contributed by atoms with Crippen LogP contribution < -0.4 is 16.8 Å². The summed E-state index contributed by atoms with van der Waals surface area (Å²) in [5, 5.41) is 3.07. The molecule has 0 saturated carbocycles. The Balaban J connectivity index is 2.49. The van der Waals surface area contributed by atoms with Crippen LogP contribution in [0.5, 0.6) is 0 Å². The Morgan fingerprint density at radius 1 is 1.50 bits per heavy atom. The molecule has 1 aromatic carbocycles. The predicted molar refractivity (Wildman–Crippen MR) is 54.5 cm³/mol. The summed E-state index contributed by atoms with van der Waals surface area (Å²) in [6, 6.07) is 5.20. The van der Waals surface area contributed by atoms with Crippen molar-refractivity contribution in [1.82, 2.24) is 5.32 Å². The molecule has 4 heteroatoms. The fraction of sp³-hybridized carbons (Fsp3) is 0.300. The Bertz CT molecular complexity index is 376. The molecule has 4 nitrogen and oxygen atoms in total. The Hall–Kier alpha value is -1.55. The number of hydrogen-bond donors (Lipinski definition) is 3. The number of carbonyl (C=O) groups excluding carboxylic acids is 1. The molecule has 1 aliphatic heterocycles. The summed E-state index contributed by atoms with van der Waals surface area (Å²) in [7, 11) is 0. The first kappa shape index (κ1) is 9.02. The van der Waals surface area contributed by atoms with Crippen LogP contribution in [0.15, 0.2) is 18.2 Å². The molecule has 1 heterocycles. The third-order valence-electron chi connectivity index (χ3n) is 2.57. The molecule has 0 aromatic heterocycles. The van der Waals surface area contributed by atoms with Gasteiger partial charge in [0.2, 0.25) is 5.91 Å². The Morgan fingerprint density at radius 2 is 2.29 bits per heavy atom. The third kappa shape index (κ3) is 1.33. The maximum absolute atomic E-state index is 11.1. The second-order valence-corrected chi connectivity index (χ2v) is 3.45. The van der Waals surface area contributed by atoms with Gasteiger partial charge in [-0.1, -0.05) is 12.1 Å². The van der Waals surface area contributed by atoms with Crippen LogP contribution in [-0.4, -0.2) is 12.5 Å². The average Bonchev–Trinajstić information content (AvgIpc) is 2.17. The topological polar surface area (TPSA) is 81.1 Å². The third-order valence-corrected chi connectivity index (χ3v) is 2.57. The Morgan fingerprint density at radius 3 is 3.00 bits per heavy atom. The predicted octanol–water partition coefficient (Wildman–Crippen LogP) is -0.0591. The van der Waals surface area contributed by atoms with Crippen LogP contribution >= 0.6 is 0 Å². The number of amides is 1. The van der Waals surface area contributed by atoms with E-state index in [2.05, 4.69) is 5.32 Å². The lowest BCUT2D eigenvalue weighted by molar-refractivity contribution is -0.120. The van der Waals surface area contributed by atoms with E-state index in [1.54, 1.807) is 0 Å². The van der Waals surface area contributed by atoms with Gasteiger partial charge in [0, 0.05) is 12.2 Å². The van der Waals surface area contributed by atoms with Gasteiger partial charge in [0.25, 0.3) is 0 Å². The number of benzene rings is 1. The van der Waals surface area contributed by atoms with Crippen LogP contribution in [0.25, 0.3) is 0 Å². The van der Waals surface area contributed by atoms with E-state index in [1.165, 1.54) is 0 Å². The maximum Gasteiger partial charge on any atom is 0.239 e. The minimum absolute atomic E-state index is 0.350. The summed E-state index contributed by atoms with van der Waals surface area (Å²) < 4.78 is 0. The molecule has 0 bridgehead atoms. The fourth-order valence-electron chi connectivity index (χ4n) is 1.89. The minimum atomic E-state index is -0.387. The highest BCUT2D eigenvalue weighted by atomic mass is 16.1. The molecular formula is C10H13N3O. The van der Waals surface area contributed by atoms with Gasteiger partial charge in [0.05, 0.1) is 0 Å². The summed E-state index contributed by atoms with van der Waals surface area (Å²) in [6.45, 7) is 0.745. The van der Waals surface area contributed by atoms with E-state index in [0.29, 0.717) is 0 Å². The quantitative estimate of drug-likeness (QED) is 0.544. The smallest absolute Gasteiger partial charge is 0.239 e. The summed E-state index contributed by atoms with van der Waals surface area (Å²) >= 11 is 0. The van der Waals surface area contributed by atoms with E-state index < -0.39 is 0 Å². The first-order valence-corrected chi connectivity index (χ1v) is 4.60. The van der Waals surface area contributed by atoms with Gasteiger partial charge >= 0.3 is 0 Å². The van der Waals surface area contributed by atoms with E-state index >= 15 is 0 Å². The number of nitrogens with one attached hydrogen (secondary N) is 1. The highest BCUT2D eigenvalue weighted by Crippen LogP contribution is 2.26. The standard InChI is InChI=1S/C10H13N3O/c11-8-3-1-2-7-6(8)4-5-13-9(7)10(12)14/h1-3,9,13H,4-5,11H2,(H2,12,14)/t9-/m0/s1. The SMILES string of the molecule is NC(=O)[C@H]1NCCc2c(N)cccc21. The summed E-state index contributed by atoms with van der Waals surface area (Å²) in [5.74, 6) is -0.350. The van der Waals surface area contributed by atoms with Crippen molar-refractivity contribution < 1.29 is 4.79 Å². The normalized spacial score (nSPS) is 20.1. The van der Waals surface area contributed by atoms with E-state index in [-0.39, 0.29) is 11.9 Å². The first-order chi connectivity index (χ1) is 6.70. The van der Waals surface area contributed by atoms with Crippen LogP contribution in [0.1, 0.15) is 17.2 Å². The summed E-state index contributed by atoms with van der Waals surface area (Å²) in [5.41, 5.74) is 13.8. The molecule has 74 valence electrons. The van der Waals surface area contributed by atoms with Crippen LogP contribution in [0, 0.1) is 0 Å². The van der Waals surface area contributed by atoms with Crippen molar-refractivity contribution in [3.05, 3.63) is 29.3 Å². The number of hydrogen-bond acceptors (Lipinski definition) is 3. The highest BCUT2D eigenvalue weighted by molar-refractivity contribution is 5.83. The molecule has 14 heavy (non-hydrogen) atoms. The first-order valence-electron chi connectivity index (χ1n) is 4.60. The summed E-state index contributed by atoms with van der Waals surface area (Å²) in [4.78, 5) is 11.1. The average molecular weight is 191 g/mol. The molecule has 5 N–H and O–H groups in total. The van der Waals surface area contributed by atoms with E-state index in [9.17, 15) is 4.79 Å². The van der Waals surface area contributed by atoms with Crippen LogP contribution in [0.2, 0.25) is 0 Å². The van der Waals surface area contributed by atoms with Crippen molar-refractivity contribution >= 4 is 11.6 Å². The van der Waals surface area contributed by atoms with E-state index in [0.717, 1.165) is 29.8 Å². The highest BCUT2D eigenvalue weighted by Gasteiger charge is 2.24. The number of rotatable bonds is 1. The molecular weight excluding hydrogens is 178 g/mol. The van der Waals surface area contributed by atoms with Gasteiger partial charge in [-0.25, -0.2) is 0 Å². The number of anilines is 1. The van der Waals surface area contributed by atoms with Crippen LogP contribution in [0.4, 0.5) is 5.69 Å². The van der Waals surface area contributed by atoms with Gasteiger partial charge in [-0.3, -0.25) is 4.79 Å². The van der Waals surface area contributed by atoms with Gasteiger partial charge < -0.3 is 16.8 Å². The molecule has 0 spiro atoms. The largest absolute Gasteiger partial charge is 0.398 e. The van der Waals surface area contributed by atoms with Gasteiger partial charge in [-0.2, -0.15) is 0 Å². The Kier molecular flexibility index (Phi) is 2.13. The lowest BCUT2D eigenvalue weighted by atomic mass is 9.93. The molecule has 0 aliphatic carbocycles. The fourth-order valence-corrected chi connectivity index (χ4v) is 1.89. The minimum Gasteiger partial charge on any atom is -0.398 e. The van der Waals surface area contributed by atoms with Gasteiger partial charge in [0.15, 0.2) is 0 Å². The molecule has 0 radical (unpaired) electrons. The van der Waals surface area contributed by atoms with Crippen LogP contribution in [-0.2, 0) is 11.2 Å².